The predicted molar refractivity (Wildman–Crippen MR) is 101 cm³/mol. The molecule has 0 heterocycles. The van der Waals surface area contributed by atoms with E-state index in [4.69, 9.17) is 15.2 Å². The van der Waals surface area contributed by atoms with Crippen molar-refractivity contribution in [2.24, 2.45) is 10.7 Å². The van der Waals surface area contributed by atoms with E-state index in [0.717, 1.165) is 5.69 Å². The second-order valence-electron chi connectivity index (χ2n) is 5.77. The molecule has 25 heavy (non-hydrogen) atoms. The fourth-order valence-corrected chi connectivity index (χ4v) is 2.39. The van der Waals surface area contributed by atoms with Crippen molar-refractivity contribution < 1.29 is 14.6 Å². The van der Waals surface area contributed by atoms with E-state index >= 15 is 0 Å². The first-order chi connectivity index (χ1) is 11.9. The fourth-order valence-electron chi connectivity index (χ4n) is 2.39. The smallest absolute Gasteiger partial charge is 0.193 e. The van der Waals surface area contributed by atoms with E-state index in [9.17, 15) is 5.11 Å². The van der Waals surface area contributed by atoms with E-state index in [1.165, 1.54) is 11.1 Å². The zero-order valence-electron chi connectivity index (χ0n) is 15.0. The van der Waals surface area contributed by atoms with Crippen molar-refractivity contribution in [2.75, 3.05) is 26.1 Å². The van der Waals surface area contributed by atoms with Crippen molar-refractivity contribution in [3.05, 3.63) is 53.1 Å². The lowest BCUT2D eigenvalue weighted by atomic mass is 10.1. The first kappa shape index (κ1) is 18.6. The van der Waals surface area contributed by atoms with Gasteiger partial charge >= 0.3 is 0 Å². The van der Waals surface area contributed by atoms with Crippen LogP contribution in [0, 0.1) is 13.8 Å². The summed E-state index contributed by atoms with van der Waals surface area (Å²) in [6, 6.07) is 11.2. The number of nitrogens with two attached hydrogens (primary N) is 1. The molecule has 0 saturated carbocycles. The van der Waals surface area contributed by atoms with Gasteiger partial charge in [0.25, 0.3) is 0 Å². The number of ether oxygens (including phenoxy) is 2. The highest BCUT2D eigenvalue weighted by Crippen LogP contribution is 2.29. The van der Waals surface area contributed by atoms with E-state index in [-0.39, 0.29) is 12.5 Å². The number of aryl methyl sites for hydroxylation is 2. The zero-order valence-corrected chi connectivity index (χ0v) is 15.0. The Kier molecular flexibility index (Phi) is 6.25. The highest BCUT2D eigenvalue weighted by molar-refractivity contribution is 5.92. The number of hydrogen-bond donors (Lipinski definition) is 3. The normalized spacial score (nSPS) is 12.6. The molecular formula is C19H25N3O3. The van der Waals surface area contributed by atoms with Crippen LogP contribution in [0.3, 0.4) is 0 Å². The molecule has 1 atom stereocenters. The van der Waals surface area contributed by atoms with E-state index in [1.54, 1.807) is 32.4 Å². The summed E-state index contributed by atoms with van der Waals surface area (Å²) < 4.78 is 10.5. The van der Waals surface area contributed by atoms with E-state index in [1.807, 2.05) is 25.1 Å². The lowest BCUT2D eigenvalue weighted by molar-refractivity contribution is 0.182. The first-order valence-corrected chi connectivity index (χ1v) is 7.98. The molecule has 0 aromatic heterocycles. The van der Waals surface area contributed by atoms with Crippen molar-refractivity contribution in [1.29, 1.82) is 0 Å². The monoisotopic (exact) mass is 343 g/mol. The maximum atomic E-state index is 10.4. The minimum absolute atomic E-state index is 0.104. The van der Waals surface area contributed by atoms with Crippen molar-refractivity contribution in [2.45, 2.75) is 20.0 Å². The lowest BCUT2D eigenvalue weighted by Gasteiger charge is -2.15. The molecule has 0 fully saturated rings. The summed E-state index contributed by atoms with van der Waals surface area (Å²) in [5.74, 6) is 1.45. The van der Waals surface area contributed by atoms with E-state index in [2.05, 4.69) is 17.2 Å². The molecule has 0 spiro atoms. The Hall–Kier alpha value is -2.73. The second kappa shape index (κ2) is 8.39. The summed E-state index contributed by atoms with van der Waals surface area (Å²) >= 11 is 0. The number of rotatable bonds is 6. The number of nitrogens with one attached hydrogen (secondary N) is 1. The molecule has 4 N–H and O–H groups in total. The van der Waals surface area contributed by atoms with Crippen molar-refractivity contribution in [3.8, 4) is 11.5 Å². The summed E-state index contributed by atoms with van der Waals surface area (Å²) in [4.78, 5) is 4.22. The Morgan fingerprint density at radius 1 is 1.12 bits per heavy atom. The number of guanidine groups is 1. The van der Waals surface area contributed by atoms with Crippen LogP contribution in [0.1, 0.15) is 22.8 Å². The maximum absolute atomic E-state index is 10.4. The number of hydrogen-bond acceptors (Lipinski definition) is 4. The molecule has 0 radical (unpaired) electrons. The van der Waals surface area contributed by atoms with Gasteiger partial charge in [-0.2, -0.15) is 0 Å². The minimum atomic E-state index is -0.856. The molecule has 2 aromatic rings. The molecule has 2 rings (SSSR count). The van der Waals surface area contributed by atoms with E-state index in [0.29, 0.717) is 17.1 Å². The van der Waals surface area contributed by atoms with Gasteiger partial charge in [-0.05, 0) is 55.3 Å². The maximum Gasteiger partial charge on any atom is 0.193 e. The number of methoxy groups -OCH3 is 2. The molecule has 6 nitrogen and oxygen atoms in total. The zero-order chi connectivity index (χ0) is 18.4. The SMILES string of the molecule is COc1ccc(OC)c(C(O)CN=C(N)Nc2ccc(C)c(C)c2)c1. The summed E-state index contributed by atoms with van der Waals surface area (Å²) in [7, 11) is 3.12. The number of aliphatic imine (C=N–C) groups is 1. The molecule has 0 amide bonds. The van der Waals surface area contributed by atoms with Crippen LogP contribution in [0.25, 0.3) is 0 Å². The van der Waals surface area contributed by atoms with Crippen molar-refractivity contribution in [1.82, 2.24) is 0 Å². The Bertz CT molecular complexity index is 760. The molecular weight excluding hydrogens is 318 g/mol. The molecule has 0 aliphatic carbocycles. The minimum Gasteiger partial charge on any atom is -0.497 e. The van der Waals surface area contributed by atoms with Crippen LogP contribution in [-0.2, 0) is 0 Å². The van der Waals surface area contributed by atoms with Gasteiger partial charge in [0.05, 0.1) is 20.8 Å². The highest BCUT2D eigenvalue weighted by atomic mass is 16.5. The van der Waals surface area contributed by atoms with Crippen LogP contribution in [-0.4, -0.2) is 31.8 Å². The predicted octanol–water partition coefficient (Wildman–Crippen LogP) is 2.78. The summed E-state index contributed by atoms with van der Waals surface area (Å²) in [5, 5.41) is 13.5. The van der Waals surface area contributed by atoms with Crippen LogP contribution in [0.4, 0.5) is 5.69 Å². The van der Waals surface area contributed by atoms with Gasteiger partial charge in [0.15, 0.2) is 5.96 Å². The third kappa shape index (κ3) is 4.87. The highest BCUT2D eigenvalue weighted by Gasteiger charge is 2.14. The number of aliphatic hydroxyl groups excluding tert-OH is 1. The lowest BCUT2D eigenvalue weighted by Crippen LogP contribution is -2.23. The van der Waals surface area contributed by atoms with Gasteiger partial charge in [-0.1, -0.05) is 6.07 Å². The summed E-state index contributed by atoms with van der Waals surface area (Å²) in [6.07, 6.45) is -0.856. The molecule has 0 bridgehead atoms. The molecule has 6 heteroatoms. The molecule has 1 unspecified atom stereocenters. The third-order valence-electron chi connectivity index (χ3n) is 4.01. The number of aliphatic hydroxyl groups is 1. The first-order valence-electron chi connectivity index (χ1n) is 7.98. The summed E-state index contributed by atoms with van der Waals surface area (Å²) in [5.41, 5.74) is 9.75. The Balaban J connectivity index is 2.08. The fraction of sp³-hybridized carbons (Fsp3) is 0.316. The average molecular weight is 343 g/mol. The largest absolute Gasteiger partial charge is 0.497 e. The topological polar surface area (TPSA) is 89.1 Å². The van der Waals surface area contributed by atoms with E-state index < -0.39 is 6.10 Å². The van der Waals surface area contributed by atoms with Gasteiger partial charge in [-0.3, -0.25) is 4.99 Å². The van der Waals surface area contributed by atoms with Crippen molar-refractivity contribution in [3.63, 3.8) is 0 Å². The third-order valence-corrected chi connectivity index (χ3v) is 4.01. The molecule has 134 valence electrons. The van der Waals surface area contributed by atoms with Gasteiger partial charge in [-0.25, -0.2) is 0 Å². The van der Waals surface area contributed by atoms with Crippen LogP contribution in [0.5, 0.6) is 11.5 Å². The standard InChI is InChI=1S/C19H25N3O3/c1-12-5-6-14(9-13(12)2)22-19(20)21-11-17(23)16-10-15(24-3)7-8-18(16)25-4/h5-10,17,23H,11H2,1-4H3,(H3,20,21,22). The number of nitrogens with zero attached hydrogens (tertiary/aromatic N) is 1. The molecule has 0 saturated heterocycles. The number of benzene rings is 2. The number of anilines is 1. The van der Waals surface area contributed by atoms with Gasteiger partial charge < -0.3 is 25.6 Å². The second-order valence-corrected chi connectivity index (χ2v) is 5.77. The van der Waals surface area contributed by atoms with Gasteiger partial charge in [0, 0.05) is 11.3 Å². The van der Waals surface area contributed by atoms with Crippen LogP contribution >= 0.6 is 0 Å². The Morgan fingerprint density at radius 2 is 1.88 bits per heavy atom. The average Bonchev–Trinajstić information content (AvgIpc) is 2.62. The van der Waals surface area contributed by atoms with Crippen LogP contribution in [0.15, 0.2) is 41.4 Å². The summed E-state index contributed by atoms with van der Waals surface area (Å²) in [6.45, 7) is 4.19. The molecule has 2 aromatic carbocycles. The Morgan fingerprint density at radius 3 is 2.52 bits per heavy atom. The van der Waals surface area contributed by atoms with Crippen LogP contribution in [0.2, 0.25) is 0 Å². The van der Waals surface area contributed by atoms with Crippen molar-refractivity contribution >= 4 is 11.6 Å². The van der Waals surface area contributed by atoms with Gasteiger partial charge in [-0.15, -0.1) is 0 Å². The van der Waals surface area contributed by atoms with Gasteiger partial charge in [0.2, 0.25) is 0 Å². The molecule has 0 aliphatic rings. The van der Waals surface area contributed by atoms with Crippen LogP contribution < -0.4 is 20.5 Å². The molecule has 0 aliphatic heterocycles. The Labute approximate surface area is 148 Å². The quantitative estimate of drug-likeness (QED) is 0.554. The van der Waals surface area contributed by atoms with Gasteiger partial charge in [0.1, 0.15) is 17.6 Å².